The number of aryl methyl sites for hydroxylation is 1. The van der Waals surface area contributed by atoms with E-state index in [2.05, 4.69) is 15.5 Å². The quantitative estimate of drug-likeness (QED) is 0.164. The van der Waals surface area contributed by atoms with Crippen molar-refractivity contribution in [2.24, 2.45) is 7.05 Å². The number of ether oxygens (including phenoxy) is 2. The highest BCUT2D eigenvalue weighted by Gasteiger charge is 2.50. The summed E-state index contributed by atoms with van der Waals surface area (Å²) < 4.78 is 13.1. The molecule has 2 aromatic carbocycles. The van der Waals surface area contributed by atoms with Gasteiger partial charge in [0.05, 0.1) is 5.57 Å². The number of amides is 1. The third-order valence-corrected chi connectivity index (χ3v) is 8.61. The molecular weight excluding hydrogens is 562 g/mol. The smallest absolute Gasteiger partial charge is 0.356 e. The van der Waals surface area contributed by atoms with E-state index in [-0.39, 0.29) is 5.70 Å². The first-order valence-corrected chi connectivity index (χ1v) is 14.9. The molecule has 3 heterocycles. The van der Waals surface area contributed by atoms with Crippen LogP contribution in [0.3, 0.4) is 0 Å². The molecule has 0 spiro atoms. The summed E-state index contributed by atoms with van der Waals surface area (Å²) >= 11 is 2.82. The molecule has 1 atom stereocenters. The average molecular weight is 592 g/mol. The molecule has 1 saturated heterocycles. The van der Waals surface area contributed by atoms with Crippen molar-refractivity contribution in [1.29, 1.82) is 0 Å². The lowest BCUT2D eigenvalue weighted by Gasteiger charge is -2.46. The Kier molecular flexibility index (Phi) is 8.32. The predicted molar refractivity (Wildman–Crippen MR) is 154 cm³/mol. The minimum atomic E-state index is -0.696. The van der Waals surface area contributed by atoms with E-state index in [0.717, 1.165) is 11.1 Å². The van der Waals surface area contributed by atoms with Crippen LogP contribution in [0.15, 0.2) is 88.7 Å². The molecule has 0 aliphatic carbocycles. The molecule has 2 aliphatic heterocycles. The number of β-lactam (4-membered cyclic amide) rings is 1. The second-order valence-corrected chi connectivity index (χ2v) is 12.4. The van der Waals surface area contributed by atoms with Crippen molar-refractivity contribution in [3.05, 3.63) is 94.7 Å². The molecule has 12 heteroatoms. The minimum absolute atomic E-state index is 0.180. The number of carbonyl (C=O) groups is 3. The number of fused-ring (bicyclic) bond motifs is 1. The summed E-state index contributed by atoms with van der Waals surface area (Å²) in [6, 6.07) is 18.9. The Balaban J connectivity index is 1.47. The summed E-state index contributed by atoms with van der Waals surface area (Å²) in [6.45, 7) is 5.28. The number of carbonyl (C=O) groups excluding carboxylic acids is 3. The fraction of sp³-hybridized carbons (Fsp3) is 0.310. The standard InChI is InChI=1S/C29H29N5O5S2/c1-29(2,3)39-22(35)15-21-25(36)34-23(20(16-40-26(21)34)17-41-28-30-31-32-33(28)4)27(37)38-24(18-11-7-5-8-12-18)19-13-9-6-10-14-19/h5-15,24,26H,16-17H2,1-4H3/b21-15-/t26-/m1/s1. The number of tetrazole rings is 1. The van der Waals surface area contributed by atoms with Crippen LogP contribution in [0.4, 0.5) is 0 Å². The van der Waals surface area contributed by atoms with Gasteiger partial charge in [0, 0.05) is 24.6 Å². The molecule has 5 rings (SSSR count). The third-order valence-electron chi connectivity index (χ3n) is 6.22. The molecule has 1 amide bonds. The van der Waals surface area contributed by atoms with Gasteiger partial charge in [-0.3, -0.25) is 9.69 Å². The maximum absolute atomic E-state index is 14.0. The third kappa shape index (κ3) is 6.38. The Morgan fingerprint density at radius 3 is 2.29 bits per heavy atom. The fourth-order valence-electron chi connectivity index (χ4n) is 4.41. The minimum Gasteiger partial charge on any atom is -0.457 e. The molecule has 212 valence electrons. The van der Waals surface area contributed by atoms with Crippen LogP contribution in [-0.4, -0.2) is 65.4 Å². The van der Waals surface area contributed by atoms with Gasteiger partial charge in [0.25, 0.3) is 5.91 Å². The normalized spacial score (nSPS) is 17.9. The van der Waals surface area contributed by atoms with Gasteiger partial charge in [-0.1, -0.05) is 72.4 Å². The van der Waals surface area contributed by atoms with Crippen LogP contribution in [0.25, 0.3) is 0 Å². The lowest BCUT2D eigenvalue weighted by atomic mass is 10.0. The van der Waals surface area contributed by atoms with Gasteiger partial charge in [-0.25, -0.2) is 14.3 Å². The van der Waals surface area contributed by atoms with Crippen molar-refractivity contribution in [2.75, 3.05) is 11.5 Å². The first-order chi connectivity index (χ1) is 19.6. The molecular formula is C29H29N5O5S2. The molecule has 0 bridgehead atoms. The fourth-order valence-corrected chi connectivity index (χ4v) is 6.70. The summed E-state index contributed by atoms with van der Waals surface area (Å²) in [6.07, 6.45) is 0.544. The van der Waals surface area contributed by atoms with Crippen molar-refractivity contribution < 1.29 is 23.9 Å². The molecule has 1 fully saturated rings. The molecule has 10 nitrogen and oxygen atoms in total. The Hall–Kier alpha value is -3.90. The van der Waals surface area contributed by atoms with Gasteiger partial charge < -0.3 is 9.47 Å². The summed E-state index contributed by atoms with van der Waals surface area (Å²) in [5.41, 5.74) is 2.10. The van der Waals surface area contributed by atoms with Gasteiger partial charge in [0.2, 0.25) is 5.16 Å². The van der Waals surface area contributed by atoms with Crippen LogP contribution in [0.1, 0.15) is 38.0 Å². The van der Waals surface area contributed by atoms with E-state index < -0.39 is 34.9 Å². The van der Waals surface area contributed by atoms with Gasteiger partial charge >= 0.3 is 11.9 Å². The molecule has 1 aromatic heterocycles. The SMILES string of the molecule is Cn1nnnc1SCC1=C(C(=O)OC(c2ccccc2)c2ccccc2)N2C(=O)/C(=C/C(=O)OC(C)(C)C)[C@H]2SC1. The van der Waals surface area contributed by atoms with Crippen LogP contribution < -0.4 is 0 Å². The number of hydrogen-bond acceptors (Lipinski definition) is 10. The van der Waals surface area contributed by atoms with Gasteiger partial charge in [0.1, 0.15) is 16.7 Å². The van der Waals surface area contributed by atoms with Gasteiger partial charge in [0.15, 0.2) is 6.10 Å². The lowest BCUT2D eigenvalue weighted by molar-refractivity contribution is -0.150. The highest BCUT2D eigenvalue weighted by atomic mass is 32.2. The number of rotatable bonds is 8. The van der Waals surface area contributed by atoms with E-state index in [1.165, 1.54) is 34.5 Å². The number of aromatic nitrogens is 4. The molecule has 0 unspecified atom stereocenters. The zero-order chi connectivity index (χ0) is 29.1. The number of thioether (sulfide) groups is 2. The summed E-state index contributed by atoms with van der Waals surface area (Å²) in [5, 5.41) is 11.6. The molecule has 3 aromatic rings. The van der Waals surface area contributed by atoms with Crippen LogP contribution in [-0.2, 0) is 30.9 Å². The van der Waals surface area contributed by atoms with Crippen LogP contribution in [0.2, 0.25) is 0 Å². The lowest BCUT2D eigenvalue weighted by Crippen LogP contribution is -2.56. The van der Waals surface area contributed by atoms with Gasteiger partial charge in [-0.2, -0.15) is 0 Å². The van der Waals surface area contributed by atoms with E-state index in [1.807, 2.05) is 60.7 Å². The number of benzene rings is 2. The van der Waals surface area contributed by atoms with Crippen molar-refractivity contribution in [1.82, 2.24) is 25.1 Å². The van der Waals surface area contributed by atoms with Crippen LogP contribution >= 0.6 is 23.5 Å². The number of nitrogens with zero attached hydrogens (tertiary/aromatic N) is 5. The Morgan fingerprint density at radius 1 is 1.10 bits per heavy atom. The molecule has 41 heavy (non-hydrogen) atoms. The van der Waals surface area contributed by atoms with Crippen LogP contribution in [0, 0.1) is 0 Å². The second kappa shape index (κ2) is 11.9. The Morgan fingerprint density at radius 2 is 1.73 bits per heavy atom. The van der Waals surface area contributed by atoms with Crippen molar-refractivity contribution in [2.45, 2.75) is 43.0 Å². The highest BCUT2D eigenvalue weighted by molar-refractivity contribution is 8.01. The largest absolute Gasteiger partial charge is 0.457 e. The van der Waals surface area contributed by atoms with E-state index in [4.69, 9.17) is 9.47 Å². The zero-order valence-electron chi connectivity index (χ0n) is 23.0. The summed E-state index contributed by atoms with van der Waals surface area (Å²) in [5.74, 6) is -0.833. The molecule has 0 radical (unpaired) electrons. The highest BCUT2D eigenvalue weighted by Crippen LogP contribution is 2.45. The maximum Gasteiger partial charge on any atom is 0.356 e. The second-order valence-electron chi connectivity index (χ2n) is 10.4. The van der Waals surface area contributed by atoms with Crippen molar-refractivity contribution >= 4 is 41.4 Å². The first kappa shape index (κ1) is 28.6. The Bertz CT molecular complexity index is 1480. The monoisotopic (exact) mass is 591 g/mol. The average Bonchev–Trinajstić information content (AvgIpc) is 3.37. The maximum atomic E-state index is 14.0. The predicted octanol–water partition coefficient (Wildman–Crippen LogP) is 4.07. The summed E-state index contributed by atoms with van der Waals surface area (Å²) in [7, 11) is 1.73. The first-order valence-electron chi connectivity index (χ1n) is 12.9. The molecule has 0 saturated carbocycles. The number of hydrogen-bond donors (Lipinski definition) is 0. The number of esters is 2. The van der Waals surface area contributed by atoms with Crippen molar-refractivity contribution in [3.8, 4) is 0 Å². The van der Waals surface area contributed by atoms with E-state index in [1.54, 1.807) is 32.5 Å². The topological polar surface area (TPSA) is 117 Å². The molecule has 2 aliphatic rings. The van der Waals surface area contributed by atoms with Gasteiger partial charge in [-0.05, 0) is 47.9 Å². The zero-order valence-corrected chi connectivity index (χ0v) is 24.6. The molecule has 0 N–H and O–H groups in total. The van der Waals surface area contributed by atoms with Crippen LogP contribution in [0.5, 0.6) is 0 Å². The summed E-state index contributed by atoms with van der Waals surface area (Å²) in [4.78, 5) is 41.3. The Labute approximate surface area is 246 Å². The van der Waals surface area contributed by atoms with E-state index in [0.29, 0.717) is 27.8 Å². The van der Waals surface area contributed by atoms with Crippen molar-refractivity contribution in [3.63, 3.8) is 0 Å². The van der Waals surface area contributed by atoms with Gasteiger partial charge in [-0.15, -0.1) is 16.9 Å². The van der Waals surface area contributed by atoms with E-state index >= 15 is 0 Å². The van der Waals surface area contributed by atoms with E-state index in [9.17, 15) is 14.4 Å².